The summed E-state index contributed by atoms with van der Waals surface area (Å²) in [5.74, 6) is -0.915. The van der Waals surface area contributed by atoms with Crippen LogP contribution in [0.1, 0.15) is 86.9 Å². The molecule has 0 aliphatic carbocycles. The monoisotopic (exact) mass is 637 g/mol. The molecule has 1 atom stereocenters. The van der Waals surface area contributed by atoms with Crippen LogP contribution in [0.4, 0.5) is 5.69 Å². The second kappa shape index (κ2) is 21.5. The Kier molecular flexibility index (Phi) is 19.0. The Morgan fingerprint density at radius 3 is 2.20 bits per heavy atom. The van der Waals surface area contributed by atoms with E-state index in [0.717, 1.165) is 89.0 Å². The van der Waals surface area contributed by atoms with E-state index in [1.807, 2.05) is 36.9 Å². The Morgan fingerprint density at radius 1 is 0.955 bits per heavy atom. The molecule has 0 bridgehead atoms. The van der Waals surface area contributed by atoms with Crippen LogP contribution in [-0.2, 0) is 26.0 Å². The van der Waals surface area contributed by atoms with Gasteiger partial charge in [0.25, 0.3) is 11.9 Å². The lowest BCUT2D eigenvalue weighted by atomic mass is 10.0. The Balaban J connectivity index is 0.00000227. The van der Waals surface area contributed by atoms with Gasteiger partial charge in [-0.3, -0.25) is 14.3 Å². The summed E-state index contributed by atoms with van der Waals surface area (Å²) in [4.78, 5) is 23.6. The number of anilines is 1. The summed E-state index contributed by atoms with van der Waals surface area (Å²) in [6, 6.07) is 12.3. The number of aliphatic carboxylic acids is 1. The van der Waals surface area contributed by atoms with E-state index in [4.69, 9.17) is 14.6 Å². The highest BCUT2D eigenvalue weighted by molar-refractivity contribution is 7.92. The number of sulfonamides is 1. The Bertz CT molecular complexity index is 1230. The zero-order valence-electron chi connectivity index (χ0n) is 26.5. The number of benzene rings is 2. The largest absolute Gasteiger partial charge is 0.506 e. The number of hydrogen-bond donors (Lipinski definition) is 5. The van der Waals surface area contributed by atoms with Gasteiger partial charge < -0.3 is 30.3 Å². The van der Waals surface area contributed by atoms with Crippen LogP contribution in [-0.4, -0.2) is 86.2 Å². The molecule has 12 heteroatoms. The van der Waals surface area contributed by atoms with E-state index >= 15 is 0 Å². The number of unbranched alkanes of at least 4 members (excludes halogenated alkanes) is 4. The lowest BCUT2D eigenvalue weighted by Gasteiger charge is -2.20. The van der Waals surface area contributed by atoms with Gasteiger partial charge in [-0.15, -0.1) is 0 Å². The lowest BCUT2D eigenvalue weighted by Crippen LogP contribution is -2.31. The van der Waals surface area contributed by atoms with Crippen LogP contribution in [0.15, 0.2) is 42.5 Å². The number of nitrogens with zero attached hydrogens (tertiary/aromatic N) is 1. The quantitative estimate of drug-likeness (QED) is 0.103. The molecular weight excluding hydrogens is 586 g/mol. The number of rotatable bonds is 20. The Morgan fingerprint density at radius 2 is 1.57 bits per heavy atom. The van der Waals surface area contributed by atoms with Crippen LogP contribution in [0.25, 0.3) is 0 Å². The van der Waals surface area contributed by atoms with Crippen molar-refractivity contribution in [3.05, 3.63) is 59.2 Å². The third kappa shape index (κ3) is 16.6. The highest BCUT2D eigenvalue weighted by Gasteiger charge is 2.16. The smallest absolute Gasteiger partial charge is 0.300 e. The predicted molar refractivity (Wildman–Crippen MR) is 174 cm³/mol. The third-order valence-electron chi connectivity index (χ3n) is 6.71. The van der Waals surface area contributed by atoms with Gasteiger partial charge in [0.15, 0.2) is 0 Å². The summed E-state index contributed by atoms with van der Waals surface area (Å²) >= 11 is 0. The van der Waals surface area contributed by atoms with Gasteiger partial charge in [-0.2, -0.15) is 0 Å². The number of aryl methyl sites for hydroxylation is 1. The van der Waals surface area contributed by atoms with Crippen molar-refractivity contribution in [1.82, 2.24) is 10.2 Å². The number of carbonyl (C=O) groups excluding carboxylic acids is 1. The van der Waals surface area contributed by atoms with Crippen molar-refractivity contribution in [1.29, 1.82) is 0 Å². The fourth-order valence-electron chi connectivity index (χ4n) is 4.46. The normalized spacial score (nSPS) is 11.8. The summed E-state index contributed by atoms with van der Waals surface area (Å²) in [5, 5.41) is 30.8. The number of carboxylic acids is 1. The molecular formula is C32H51N3O8S. The first-order valence-electron chi connectivity index (χ1n) is 15.2. The van der Waals surface area contributed by atoms with E-state index in [1.54, 1.807) is 6.07 Å². The number of carbonyl (C=O) groups is 2. The minimum atomic E-state index is -3.53. The average Bonchev–Trinajstić information content (AvgIpc) is 2.96. The maximum absolute atomic E-state index is 12.8. The third-order valence-corrected chi connectivity index (χ3v) is 7.30. The highest BCUT2D eigenvalue weighted by atomic mass is 32.2. The molecule has 0 heterocycles. The number of carboxylic acid groups (broad SMARTS) is 1. The molecule has 1 unspecified atom stereocenters. The lowest BCUT2D eigenvalue weighted by molar-refractivity contribution is -0.134. The number of phenols is 1. The first-order chi connectivity index (χ1) is 20.9. The van der Waals surface area contributed by atoms with Crippen molar-refractivity contribution in [3.8, 4) is 5.75 Å². The number of aliphatic hydroxyl groups is 1. The molecule has 0 radical (unpaired) electrons. The maximum atomic E-state index is 12.8. The number of nitrogens with one attached hydrogen (secondary N) is 2. The molecule has 248 valence electrons. The van der Waals surface area contributed by atoms with Crippen LogP contribution in [0.2, 0.25) is 0 Å². The fourth-order valence-corrected chi connectivity index (χ4v) is 5.02. The van der Waals surface area contributed by atoms with Gasteiger partial charge in [0.05, 0.1) is 18.0 Å². The van der Waals surface area contributed by atoms with Gasteiger partial charge in [-0.1, -0.05) is 37.1 Å². The maximum Gasteiger partial charge on any atom is 0.300 e. The zero-order valence-corrected chi connectivity index (χ0v) is 27.4. The van der Waals surface area contributed by atoms with Gasteiger partial charge >= 0.3 is 0 Å². The van der Waals surface area contributed by atoms with Gasteiger partial charge in [0.1, 0.15) is 5.75 Å². The molecule has 44 heavy (non-hydrogen) atoms. The van der Waals surface area contributed by atoms with Crippen LogP contribution in [0.5, 0.6) is 5.75 Å². The van der Waals surface area contributed by atoms with Crippen LogP contribution in [0.3, 0.4) is 0 Å². The van der Waals surface area contributed by atoms with Crippen molar-refractivity contribution in [3.63, 3.8) is 0 Å². The van der Waals surface area contributed by atoms with Crippen LogP contribution < -0.4 is 10.0 Å². The van der Waals surface area contributed by atoms with Crippen molar-refractivity contribution in [2.24, 2.45) is 0 Å². The van der Waals surface area contributed by atoms with Gasteiger partial charge in [-0.05, 0) is 81.8 Å². The minimum Gasteiger partial charge on any atom is -0.506 e. The summed E-state index contributed by atoms with van der Waals surface area (Å²) in [5.41, 5.74) is 2.49. The predicted octanol–water partition coefficient (Wildman–Crippen LogP) is 4.56. The number of phenolic OH excluding ortho intramolecular Hbond substituents is 1. The molecule has 0 fully saturated rings. The molecule has 2 aromatic rings. The van der Waals surface area contributed by atoms with Crippen LogP contribution in [0, 0.1) is 0 Å². The standard InChI is InChI=1S/C30H47N3O6S.C2H4O2/c1-4-33(5-2)30(36)26-16-9-8-14-24(26)15-10-13-21-39-20-12-7-6-11-19-31-23-29(35)25-17-18-28(34)27(22-25)32-40(3,37)38;1-2(3)4/h8-9,14,16-18,22,29,31-32,34-35H,4-7,10-13,15,19-21,23H2,1-3H3;1H3,(H,3,4). The number of hydrogen-bond acceptors (Lipinski definition) is 8. The van der Waals surface area contributed by atoms with Gasteiger partial charge in [-0.25, -0.2) is 8.42 Å². The highest BCUT2D eigenvalue weighted by Crippen LogP contribution is 2.27. The summed E-state index contributed by atoms with van der Waals surface area (Å²) < 4.78 is 30.9. The molecule has 0 aromatic heterocycles. The molecule has 1 amide bonds. The SMILES string of the molecule is CC(=O)O.CCN(CC)C(=O)c1ccccc1CCCCOCCCCCCNCC(O)c1ccc(O)c(NS(C)(=O)=O)c1. The number of aliphatic hydroxyl groups excluding tert-OH is 1. The van der Waals surface area contributed by atoms with E-state index in [0.29, 0.717) is 25.2 Å². The number of ether oxygens (including phenoxy) is 1. The van der Waals surface area contributed by atoms with Crippen molar-refractivity contribution in [2.45, 2.75) is 71.8 Å². The summed E-state index contributed by atoms with van der Waals surface area (Å²) in [6.45, 7) is 9.10. The molecule has 2 aromatic carbocycles. The van der Waals surface area contributed by atoms with Gasteiger partial charge in [0.2, 0.25) is 10.0 Å². The number of amides is 1. The first-order valence-corrected chi connectivity index (χ1v) is 17.1. The number of aromatic hydroxyl groups is 1. The second-order valence-corrected chi connectivity index (χ2v) is 12.3. The summed E-state index contributed by atoms with van der Waals surface area (Å²) in [6.07, 6.45) is 7.14. The first kappa shape index (κ1) is 38.8. The van der Waals surface area contributed by atoms with Crippen molar-refractivity contribution in [2.75, 3.05) is 50.4 Å². The van der Waals surface area contributed by atoms with Gasteiger partial charge in [0, 0.05) is 45.3 Å². The van der Waals surface area contributed by atoms with E-state index in [1.165, 1.54) is 12.1 Å². The zero-order chi connectivity index (χ0) is 33.0. The molecule has 0 saturated carbocycles. The van der Waals surface area contributed by atoms with E-state index in [2.05, 4.69) is 16.1 Å². The Labute approximate surface area is 262 Å². The van der Waals surface area contributed by atoms with E-state index in [9.17, 15) is 23.4 Å². The molecule has 2 rings (SSSR count). The second-order valence-electron chi connectivity index (χ2n) is 10.5. The molecule has 5 N–H and O–H groups in total. The topological polar surface area (TPSA) is 166 Å². The molecule has 0 aliphatic rings. The molecule has 0 spiro atoms. The molecule has 11 nitrogen and oxygen atoms in total. The van der Waals surface area contributed by atoms with Crippen molar-refractivity contribution < 1.29 is 38.1 Å². The average molecular weight is 638 g/mol. The van der Waals surface area contributed by atoms with Crippen molar-refractivity contribution >= 4 is 27.6 Å². The van der Waals surface area contributed by atoms with E-state index in [-0.39, 0.29) is 17.3 Å². The molecule has 0 aliphatic heterocycles. The van der Waals surface area contributed by atoms with Crippen LogP contribution >= 0.6 is 0 Å². The summed E-state index contributed by atoms with van der Waals surface area (Å²) in [7, 11) is -3.53. The minimum absolute atomic E-state index is 0.0500. The van der Waals surface area contributed by atoms with E-state index < -0.39 is 22.1 Å². The molecule has 0 saturated heterocycles. The Hall–Kier alpha value is -3.19. The fraction of sp³-hybridized carbons (Fsp3) is 0.562.